The van der Waals surface area contributed by atoms with Crippen LogP contribution in [-0.4, -0.2) is 26.0 Å². The van der Waals surface area contributed by atoms with Crippen LogP contribution in [0.25, 0.3) is 0 Å². The monoisotopic (exact) mass is 275 g/mol. The number of carboxylic acid groups (broad SMARTS) is 1. The normalized spacial score (nSPS) is 12.1. The highest BCUT2D eigenvalue weighted by molar-refractivity contribution is 7.89. The van der Waals surface area contributed by atoms with Gasteiger partial charge in [0.05, 0.1) is 4.90 Å². The number of aromatic carboxylic acids is 1. The summed E-state index contributed by atoms with van der Waals surface area (Å²) in [7, 11) is -3.59. The molecular formula is C10H13NO4S2. The van der Waals surface area contributed by atoms with Gasteiger partial charge in [-0.15, -0.1) is 11.3 Å². The van der Waals surface area contributed by atoms with Crippen LogP contribution in [0.1, 0.15) is 23.0 Å². The summed E-state index contributed by atoms with van der Waals surface area (Å²) in [5.74, 6) is -1.12. The van der Waals surface area contributed by atoms with E-state index in [4.69, 9.17) is 5.11 Å². The lowest BCUT2D eigenvalue weighted by atomic mass is 10.4. The van der Waals surface area contributed by atoms with Crippen molar-refractivity contribution in [1.82, 2.24) is 4.72 Å². The molecule has 1 rings (SSSR count). The first-order valence-electron chi connectivity index (χ1n) is 4.90. The maximum Gasteiger partial charge on any atom is 0.345 e. The summed E-state index contributed by atoms with van der Waals surface area (Å²) in [6.07, 6.45) is 4.28. The average molecular weight is 275 g/mol. The standard InChI is InChI=1S/C10H13NO4S2/c1-2-3-4-5-11-17(14,15)8-6-9(10(12)13)16-7-8/h2-3,6-7,11H,4-5H2,1H3,(H,12,13)/b3-2+. The molecule has 0 fully saturated rings. The van der Waals surface area contributed by atoms with E-state index in [2.05, 4.69) is 4.72 Å². The fourth-order valence-corrected chi connectivity index (χ4v) is 3.26. The van der Waals surface area contributed by atoms with Crippen molar-refractivity contribution in [3.63, 3.8) is 0 Å². The fraction of sp³-hybridized carbons (Fsp3) is 0.300. The number of allylic oxidation sites excluding steroid dienone is 1. The van der Waals surface area contributed by atoms with Gasteiger partial charge in [-0.3, -0.25) is 0 Å². The van der Waals surface area contributed by atoms with Gasteiger partial charge in [0.25, 0.3) is 0 Å². The Hall–Kier alpha value is -1.18. The van der Waals surface area contributed by atoms with Crippen LogP contribution in [-0.2, 0) is 10.0 Å². The molecule has 0 saturated heterocycles. The molecular weight excluding hydrogens is 262 g/mol. The zero-order valence-corrected chi connectivity index (χ0v) is 10.8. The van der Waals surface area contributed by atoms with Crippen LogP contribution in [0.15, 0.2) is 28.5 Å². The number of thiophene rings is 1. The van der Waals surface area contributed by atoms with E-state index in [9.17, 15) is 13.2 Å². The fourth-order valence-electron chi connectivity index (χ4n) is 1.10. The Bertz CT molecular complexity index is 516. The van der Waals surface area contributed by atoms with Crippen LogP contribution in [0.2, 0.25) is 0 Å². The lowest BCUT2D eigenvalue weighted by Gasteiger charge is -2.02. The van der Waals surface area contributed by atoms with Crippen LogP contribution >= 0.6 is 11.3 Å². The molecule has 7 heteroatoms. The molecule has 0 atom stereocenters. The van der Waals surface area contributed by atoms with Gasteiger partial charge in [0, 0.05) is 11.9 Å². The van der Waals surface area contributed by atoms with Gasteiger partial charge >= 0.3 is 5.97 Å². The maximum atomic E-state index is 11.7. The summed E-state index contributed by atoms with van der Waals surface area (Å²) < 4.78 is 25.8. The molecule has 0 radical (unpaired) electrons. The molecule has 1 aromatic rings. The van der Waals surface area contributed by atoms with Crippen molar-refractivity contribution in [1.29, 1.82) is 0 Å². The Morgan fingerprint density at radius 3 is 2.82 bits per heavy atom. The number of hydrogen-bond donors (Lipinski definition) is 2. The Morgan fingerprint density at radius 2 is 2.29 bits per heavy atom. The van der Waals surface area contributed by atoms with Crippen LogP contribution in [0, 0.1) is 0 Å². The lowest BCUT2D eigenvalue weighted by molar-refractivity contribution is 0.0702. The van der Waals surface area contributed by atoms with Crippen LogP contribution in [0.5, 0.6) is 0 Å². The molecule has 0 aliphatic carbocycles. The van der Waals surface area contributed by atoms with Crippen LogP contribution in [0.4, 0.5) is 0 Å². The number of sulfonamides is 1. The quantitative estimate of drug-likeness (QED) is 0.611. The topological polar surface area (TPSA) is 83.5 Å². The van der Waals surface area contributed by atoms with E-state index in [1.807, 2.05) is 19.1 Å². The van der Waals surface area contributed by atoms with Crippen molar-refractivity contribution in [3.8, 4) is 0 Å². The van der Waals surface area contributed by atoms with Gasteiger partial charge in [-0.2, -0.15) is 0 Å². The van der Waals surface area contributed by atoms with Crippen molar-refractivity contribution in [2.24, 2.45) is 0 Å². The molecule has 0 unspecified atom stereocenters. The zero-order chi connectivity index (χ0) is 12.9. The molecule has 0 bridgehead atoms. The first kappa shape index (κ1) is 13.9. The van der Waals surface area contributed by atoms with E-state index in [0.717, 1.165) is 17.4 Å². The highest BCUT2D eigenvalue weighted by Crippen LogP contribution is 2.18. The van der Waals surface area contributed by atoms with E-state index in [0.29, 0.717) is 13.0 Å². The summed E-state index contributed by atoms with van der Waals surface area (Å²) in [5.41, 5.74) is 0. The second-order valence-corrected chi connectivity index (χ2v) is 5.89. The first-order valence-corrected chi connectivity index (χ1v) is 7.26. The molecule has 2 N–H and O–H groups in total. The van der Waals surface area contributed by atoms with Gasteiger partial charge in [0.1, 0.15) is 4.88 Å². The van der Waals surface area contributed by atoms with Crippen molar-refractivity contribution in [3.05, 3.63) is 28.5 Å². The molecule has 0 amide bonds. The maximum absolute atomic E-state index is 11.7. The predicted molar refractivity (Wildman–Crippen MR) is 65.9 cm³/mol. The molecule has 0 aromatic carbocycles. The van der Waals surface area contributed by atoms with Gasteiger partial charge in [-0.1, -0.05) is 12.2 Å². The summed E-state index contributed by atoms with van der Waals surface area (Å²) in [4.78, 5) is 10.6. The Labute approximate surface area is 104 Å². The van der Waals surface area contributed by atoms with Crippen molar-refractivity contribution >= 4 is 27.3 Å². The SMILES string of the molecule is C/C=C/CCNS(=O)(=O)c1csc(C(=O)O)c1. The largest absolute Gasteiger partial charge is 0.477 e. The number of hydrogen-bond acceptors (Lipinski definition) is 4. The summed E-state index contributed by atoms with van der Waals surface area (Å²) >= 11 is 0.896. The third kappa shape index (κ3) is 3.95. The van der Waals surface area contributed by atoms with Gasteiger partial charge in [-0.05, 0) is 19.4 Å². The zero-order valence-electron chi connectivity index (χ0n) is 9.21. The molecule has 0 aliphatic rings. The average Bonchev–Trinajstić information content (AvgIpc) is 2.74. The van der Waals surface area contributed by atoms with Gasteiger partial charge < -0.3 is 5.11 Å². The Morgan fingerprint density at radius 1 is 1.59 bits per heavy atom. The molecule has 94 valence electrons. The first-order chi connectivity index (χ1) is 7.97. The Kier molecular flexibility index (Phi) is 4.86. The number of rotatable bonds is 6. The van der Waals surface area contributed by atoms with Crippen LogP contribution < -0.4 is 4.72 Å². The molecule has 17 heavy (non-hydrogen) atoms. The van der Waals surface area contributed by atoms with Crippen molar-refractivity contribution in [2.45, 2.75) is 18.2 Å². The smallest absolute Gasteiger partial charge is 0.345 e. The molecule has 0 saturated carbocycles. The molecule has 5 nitrogen and oxygen atoms in total. The minimum absolute atomic E-state index is 0.000350. The van der Waals surface area contributed by atoms with E-state index >= 15 is 0 Å². The van der Waals surface area contributed by atoms with Crippen molar-refractivity contribution in [2.75, 3.05) is 6.54 Å². The third-order valence-electron chi connectivity index (χ3n) is 1.94. The van der Waals surface area contributed by atoms with Crippen molar-refractivity contribution < 1.29 is 18.3 Å². The Balaban J connectivity index is 2.72. The minimum atomic E-state index is -3.59. The van der Waals surface area contributed by atoms with E-state index in [1.165, 1.54) is 5.38 Å². The van der Waals surface area contributed by atoms with Gasteiger partial charge in [0.15, 0.2) is 0 Å². The van der Waals surface area contributed by atoms with E-state index in [1.54, 1.807) is 0 Å². The summed E-state index contributed by atoms with van der Waals surface area (Å²) in [6.45, 7) is 2.15. The third-order valence-corrected chi connectivity index (χ3v) is 4.44. The number of carbonyl (C=O) groups is 1. The molecule has 1 aromatic heterocycles. The number of nitrogens with one attached hydrogen (secondary N) is 1. The second-order valence-electron chi connectivity index (χ2n) is 3.21. The highest BCUT2D eigenvalue weighted by Gasteiger charge is 2.17. The second kappa shape index (κ2) is 5.95. The molecule has 1 heterocycles. The number of carboxylic acids is 1. The summed E-state index contributed by atoms with van der Waals surface area (Å²) in [6, 6.07) is 1.16. The predicted octanol–water partition coefficient (Wildman–Crippen LogP) is 1.69. The van der Waals surface area contributed by atoms with Crippen LogP contribution in [0.3, 0.4) is 0 Å². The molecule has 0 spiro atoms. The molecule has 0 aliphatic heterocycles. The van der Waals surface area contributed by atoms with E-state index < -0.39 is 16.0 Å². The highest BCUT2D eigenvalue weighted by atomic mass is 32.2. The minimum Gasteiger partial charge on any atom is -0.477 e. The van der Waals surface area contributed by atoms with E-state index in [-0.39, 0.29) is 9.77 Å². The van der Waals surface area contributed by atoms with Gasteiger partial charge in [-0.25, -0.2) is 17.9 Å². The van der Waals surface area contributed by atoms with Gasteiger partial charge in [0.2, 0.25) is 10.0 Å². The lowest BCUT2D eigenvalue weighted by Crippen LogP contribution is -2.24. The summed E-state index contributed by atoms with van der Waals surface area (Å²) in [5, 5.41) is 10.0.